The Morgan fingerprint density at radius 2 is 2.40 bits per heavy atom. The molecule has 0 unspecified atom stereocenters. The highest BCUT2D eigenvalue weighted by atomic mass is 16.5. The van der Waals surface area contributed by atoms with E-state index < -0.39 is 5.97 Å². The van der Waals surface area contributed by atoms with Gasteiger partial charge in [-0.3, -0.25) is 9.59 Å². The number of carbonyl (C=O) groups is 2. The van der Waals surface area contributed by atoms with E-state index in [1.54, 1.807) is 0 Å². The van der Waals surface area contributed by atoms with Crippen LogP contribution in [0, 0.1) is 0 Å². The van der Waals surface area contributed by atoms with E-state index in [1.165, 1.54) is 13.3 Å². The summed E-state index contributed by atoms with van der Waals surface area (Å²) in [5.41, 5.74) is 0. The van der Waals surface area contributed by atoms with Crippen molar-refractivity contribution in [1.82, 2.24) is 15.0 Å². The van der Waals surface area contributed by atoms with E-state index in [-0.39, 0.29) is 24.9 Å². The molecule has 0 aliphatic heterocycles. The number of hydrogen-bond donors (Lipinski definition) is 2. The van der Waals surface area contributed by atoms with Crippen LogP contribution in [0.1, 0.15) is 0 Å². The monoisotopic (exact) mass is 214 g/mol. The normalized spacial score (nSPS) is 9.93. The number of nitrogens with one attached hydrogen (secondary N) is 1. The molecule has 1 amide bonds. The number of nitrogens with zero attached hydrogens (tertiary/aromatic N) is 3. The SMILES string of the molecule is COCC(=O)Nc1cnn(CC(=O)O)n1. The summed E-state index contributed by atoms with van der Waals surface area (Å²) in [7, 11) is 1.39. The molecule has 0 radical (unpaired) electrons. The van der Waals surface area contributed by atoms with Crippen molar-refractivity contribution in [3.63, 3.8) is 0 Å². The minimum atomic E-state index is -1.06. The maximum absolute atomic E-state index is 11.0. The van der Waals surface area contributed by atoms with Crippen LogP contribution < -0.4 is 5.32 Å². The molecule has 0 fully saturated rings. The Morgan fingerprint density at radius 1 is 1.67 bits per heavy atom. The minimum absolute atomic E-state index is 0.0915. The van der Waals surface area contributed by atoms with Crippen molar-refractivity contribution < 1.29 is 19.4 Å². The van der Waals surface area contributed by atoms with Crippen LogP contribution in [0.15, 0.2) is 6.20 Å². The second-order valence-electron chi connectivity index (χ2n) is 2.64. The molecule has 82 valence electrons. The zero-order chi connectivity index (χ0) is 11.3. The quantitative estimate of drug-likeness (QED) is 0.647. The topological polar surface area (TPSA) is 106 Å². The fraction of sp³-hybridized carbons (Fsp3) is 0.429. The van der Waals surface area contributed by atoms with Crippen LogP contribution in [0.4, 0.5) is 5.82 Å². The van der Waals surface area contributed by atoms with Gasteiger partial charge in [-0.05, 0) is 0 Å². The molecule has 0 aromatic carbocycles. The van der Waals surface area contributed by atoms with E-state index in [0.29, 0.717) is 0 Å². The van der Waals surface area contributed by atoms with Crippen molar-refractivity contribution in [3.8, 4) is 0 Å². The molecule has 15 heavy (non-hydrogen) atoms. The van der Waals surface area contributed by atoms with E-state index in [4.69, 9.17) is 5.11 Å². The summed E-state index contributed by atoms with van der Waals surface area (Å²) in [5, 5.41) is 18.2. The van der Waals surface area contributed by atoms with Gasteiger partial charge in [-0.15, -0.1) is 5.10 Å². The molecule has 0 aliphatic carbocycles. The van der Waals surface area contributed by atoms with Gasteiger partial charge in [0.2, 0.25) is 0 Å². The first-order valence-electron chi connectivity index (χ1n) is 4.02. The molecule has 0 spiro atoms. The van der Waals surface area contributed by atoms with Gasteiger partial charge < -0.3 is 15.2 Å². The van der Waals surface area contributed by atoms with Crippen molar-refractivity contribution >= 4 is 17.7 Å². The number of ether oxygens (including phenoxy) is 1. The molecule has 0 saturated heterocycles. The lowest BCUT2D eigenvalue weighted by atomic mass is 10.6. The van der Waals surface area contributed by atoms with Gasteiger partial charge in [0.1, 0.15) is 6.61 Å². The maximum atomic E-state index is 11.0. The number of carbonyl (C=O) groups excluding carboxylic acids is 1. The molecule has 1 aromatic rings. The fourth-order valence-electron chi connectivity index (χ4n) is 0.862. The van der Waals surface area contributed by atoms with Gasteiger partial charge in [0, 0.05) is 7.11 Å². The standard InChI is InChI=1S/C7H10N4O4/c1-15-4-6(12)9-5-2-8-11(10-5)3-7(13)14/h2H,3-4H2,1H3,(H,13,14)(H,9,10,12). The summed E-state index contributed by atoms with van der Waals surface area (Å²) < 4.78 is 4.59. The highest BCUT2D eigenvalue weighted by Gasteiger charge is 2.06. The Labute approximate surface area is 84.8 Å². The number of carboxylic acid groups (broad SMARTS) is 1. The van der Waals surface area contributed by atoms with E-state index >= 15 is 0 Å². The highest BCUT2D eigenvalue weighted by molar-refractivity contribution is 5.90. The third kappa shape index (κ3) is 3.73. The van der Waals surface area contributed by atoms with Gasteiger partial charge in [-0.25, -0.2) is 0 Å². The van der Waals surface area contributed by atoms with Gasteiger partial charge in [-0.1, -0.05) is 0 Å². The molecule has 0 atom stereocenters. The average Bonchev–Trinajstić information content (AvgIpc) is 2.51. The summed E-state index contributed by atoms with van der Waals surface area (Å²) in [4.78, 5) is 22.3. The number of rotatable bonds is 5. The van der Waals surface area contributed by atoms with Crippen molar-refractivity contribution in [2.45, 2.75) is 6.54 Å². The van der Waals surface area contributed by atoms with E-state index in [0.717, 1.165) is 4.80 Å². The Hall–Kier alpha value is -1.96. The maximum Gasteiger partial charge on any atom is 0.327 e. The fourth-order valence-corrected chi connectivity index (χ4v) is 0.862. The second kappa shape index (κ2) is 5.05. The van der Waals surface area contributed by atoms with Crippen LogP contribution in [0.2, 0.25) is 0 Å². The average molecular weight is 214 g/mol. The zero-order valence-electron chi connectivity index (χ0n) is 8.01. The summed E-state index contributed by atoms with van der Waals surface area (Å²) in [6.07, 6.45) is 1.26. The van der Waals surface area contributed by atoms with Crippen LogP contribution in [-0.4, -0.2) is 45.7 Å². The third-order valence-corrected chi connectivity index (χ3v) is 1.36. The lowest BCUT2D eigenvalue weighted by molar-refractivity contribution is -0.138. The second-order valence-corrected chi connectivity index (χ2v) is 2.64. The summed E-state index contributed by atoms with van der Waals surface area (Å²) >= 11 is 0. The molecule has 0 aliphatic rings. The van der Waals surface area contributed by atoms with Crippen molar-refractivity contribution in [3.05, 3.63) is 6.20 Å². The van der Waals surface area contributed by atoms with Crippen molar-refractivity contribution in [2.75, 3.05) is 19.0 Å². The zero-order valence-corrected chi connectivity index (χ0v) is 8.01. The molecule has 8 heteroatoms. The molecule has 0 bridgehead atoms. The molecule has 2 N–H and O–H groups in total. The van der Waals surface area contributed by atoms with Gasteiger partial charge >= 0.3 is 5.97 Å². The number of carboxylic acids is 1. The first-order chi connectivity index (χ1) is 7.11. The Kier molecular flexibility index (Phi) is 3.75. The van der Waals surface area contributed by atoms with Gasteiger partial charge in [0.15, 0.2) is 12.4 Å². The lowest BCUT2D eigenvalue weighted by Gasteiger charge is -1.98. The van der Waals surface area contributed by atoms with Crippen LogP contribution in [-0.2, 0) is 20.9 Å². The van der Waals surface area contributed by atoms with Crippen LogP contribution >= 0.6 is 0 Å². The number of aliphatic carboxylic acids is 1. The molecular weight excluding hydrogens is 204 g/mol. The van der Waals surface area contributed by atoms with Crippen molar-refractivity contribution in [2.24, 2.45) is 0 Å². The molecule has 1 rings (SSSR count). The van der Waals surface area contributed by atoms with Gasteiger partial charge in [0.25, 0.3) is 5.91 Å². The molecular formula is C7H10N4O4. The van der Waals surface area contributed by atoms with Crippen LogP contribution in [0.25, 0.3) is 0 Å². The Morgan fingerprint density at radius 3 is 3.00 bits per heavy atom. The predicted octanol–water partition coefficient (Wildman–Crippen LogP) is -1.05. The van der Waals surface area contributed by atoms with Crippen LogP contribution in [0.5, 0.6) is 0 Å². The number of amides is 1. The molecule has 1 aromatic heterocycles. The minimum Gasteiger partial charge on any atom is -0.480 e. The predicted molar refractivity (Wildman–Crippen MR) is 48.2 cm³/mol. The van der Waals surface area contributed by atoms with Gasteiger partial charge in [0.05, 0.1) is 6.20 Å². The van der Waals surface area contributed by atoms with Crippen LogP contribution in [0.3, 0.4) is 0 Å². The van der Waals surface area contributed by atoms with Crippen molar-refractivity contribution in [1.29, 1.82) is 0 Å². The number of methoxy groups -OCH3 is 1. The summed E-state index contributed by atoms with van der Waals surface area (Å²) in [6, 6.07) is 0. The smallest absolute Gasteiger partial charge is 0.327 e. The largest absolute Gasteiger partial charge is 0.480 e. The summed E-state index contributed by atoms with van der Waals surface area (Å²) in [6.45, 7) is -0.439. The van der Waals surface area contributed by atoms with Gasteiger partial charge in [-0.2, -0.15) is 9.90 Å². The number of hydrogen-bond acceptors (Lipinski definition) is 5. The summed E-state index contributed by atoms with van der Waals surface area (Å²) in [5.74, 6) is -1.24. The first-order valence-corrected chi connectivity index (χ1v) is 4.02. The van der Waals surface area contributed by atoms with E-state index in [2.05, 4.69) is 20.3 Å². The van der Waals surface area contributed by atoms with E-state index in [9.17, 15) is 9.59 Å². The molecule has 8 nitrogen and oxygen atoms in total. The highest BCUT2D eigenvalue weighted by Crippen LogP contribution is 1.98. The third-order valence-electron chi connectivity index (χ3n) is 1.36. The van der Waals surface area contributed by atoms with E-state index in [1.807, 2.05) is 0 Å². The Balaban J connectivity index is 2.52. The first kappa shape index (κ1) is 11.1. The number of anilines is 1. The molecule has 0 saturated carbocycles. The lowest BCUT2D eigenvalue weighted by Crippen LogP contribution is -2.18. The molecule has 1 heterocycles. The Bertz CT molecular complexity index is 362. The number of aromatic nitrogens is 3.